The molecule has 0 saturated heterocycles. The van der Waals surface area contributed by atoms with Crippen molar-refractivity contribution in [2.24, 2.45) is 11.8 Å². The van der Waals surface area contributed by atoms with Crippen molar-refractivity contribution in [2.45, 2.75) is 54.5 Å². The third-order valence-electron chi connectivity index (χ3n) is 6.95. The average Bonchev–Trinajstić information content (AvgIpc) is 3.05. The summed E-state index contributed by atoms with van der Waals surface area (Å²) in [5.74, 6) is -6.29. The van der Waals surface area contributed by atoms with E-state index in [1.165, 1.54) is 19.1 Å². The van der Waals surface area contributed by atoms with Crippen LogP contribution in [0.5, 0.6) is 0 Å². The maximum Gasteiger partial charge on any atom is 0.255 e. The van der Waals surface area contributed by atoms with E-state index in [1.54, 1.807) is 0 Å². The van der Waals surface area contributed by atoms with Gasteiger partial charge in [-0.05, 0) is 62.6 Å². The van der Waals surface area contributed by atoms with E-state index in [9.17, 15) is 36.6 Å². The Balaban J connectivity index is 1.63. The fourth-order valence-electron chi connectivity index (χ4n) is 5.26. The Hall–Kier alpha value is -2.14. The Morgan fingerprint density at radius 1 is 1.12 bits per heavy atom. The topological polar surface area (TPSA) is 104 Å². The van der Waals surface area contributed by atoms with Crippen molar-refractivity contribution in [3.8, 4) is 0 Å². The van der Waals surface area contributed by atoms with E-state index in [0.717, 1.165) is 6.07 Å². The quantitative estimate of drug-likeness (QED) is 0.518. The van der Waals surface area contributed by atoms with Crippen LogP contribution in [0.15, 0.2) is 35.2 Å². The van der Waals surface area contributed by atoms with E-state index in [1.807, 2.05) is 0 Å². The van der Waals surface area contributed by atoms with Gasteiger partial charge in [0.25, 0.3) is 5.91 Å². The second-order valence-corrected chi connectivity index (χ2v) is 11.6. The number of hydrogen-bond donors (Lipinski definition) is 3. The maximum atomic E-state index is 13.6. The number of rotatable bonds is 5. The van der Waals surface area contributed by atoms with Crippen LogP contribution >= 0.6 is 11.6 Å². The van der Waals surface area contributed by atoms with E-state index >= 15 is 0 Å². The summed E-state index contributed by atoms with van der Waals surface area (Å²) in [6, 6.07) is 4.80. The molecule has 5 atom stereocenters. The molecular weight excluding hydrogens is 495 g/mol. The zero-order valence-electron chi connectivity index (χ0n) is 18.1. The molecule has 2 aromatic carbocycles. The fourth-order valence-corrected chi connectivity index (χ4v) is 8.10. The molecule has 2 aliphatic rings. The van der Waals surface area contributed by atoms with Gasteiger partial charge in [0.15, 0.2) is 27.3 Å². The highest BCUT2D eigenvalue weighted by Crippen LogP contribution is 2.52. The van der Waals surface area contributed by atoms with Crippen LogP contribution in [0.25, 0.3) is 0 Å². The molecule has 4 rings (SSSR count). The van der Waals surface area contributed by atoms with Crippen LogP contribution in [0.1, 0.15) is 43.0 Å². The normalized spacial score (nSPS) is 27.4. The Labute approximate surface area is 199 Å². The maximum absolute atomic E-state index is 13.6. The predicted molar refractivity (Wildman–Crippen MR) is 119 cm³/mol. The number of sulfone groups is 1. The van der Waals surface area contributed by atoms with Crippen molar-refractivity contribution in [3.63, 3.8) is 0 Å². The van der Waals surface area contributed by atoms with Crippen LogP contribution in [0.4, 0.5) is 18.9 Å². The summed E-state index contributed by atoms with van der Waals surface area (Å²) < 4.78 is 67.3. The number of aliphatic hydroxyl groups excluding tert-OH is 1. The van der Waals surface area contributed by atoms with Crippen molar-refractivity contribution in [2.75, 3.05) is 5.32 Å². The highest BCUT2D eigenvalue weighted by molar-refractivity contribution is 7.92. The summed E-state index contributed by atoms with van der Waals surface area (Å²) in [4.78, 5) is 12.4. The van der Waals surface area contributed by atoms with Gasteiger partial charge in [0, 0.05) is 23.4 Å². The van der Waals surface area contributed by atoms with Crippen LogP contribution in [0, 0.1) is 29.3 Å². The molecule has 2 bridgehead atoms. The first-order valence-electron chi connectivity index (χ1n) is 10.7. The van der Waals surface area contributed by atoms with Crippen molar-refractivity contribution < 1.29 is 36.6 Å². The molecule has 2 saturated carbocycles. The molecule has 3 N–H and O–H groups in total. The molecule has 2 aromatic rings. The monoisotopic (exact) mass is 517 g/mol. The number of hydrogen-bond acceptors (Lipinski definition) is 5. The van der Waals surface area contributed by atoms with Crippen molar-refractivity contribution in [1.29, 1.82) is 0 Å². The number of benzene rings is 2. The Bertz CT molecular complexity index is 1220. The Morgan fingerprint density at radius 2 is 1.68 bits per heavy atom. The second kappa shape index (κ2) is 8.82. The van der Waals surface area contributed by atoms with Gasteiger partial charge in [0.2, 0.25) is 0 Å². The molecule has 34 heavy (non-hydrogen) atoms. The van der Waals surface area contributed by atoms with Gasteiger partial charge < -0.3 is 15.5 Å². The lowest BCUT2D eigenvalue weighted by Crippen LogP contribution is -2.51. The van der Waals surface area contributed by atoms with Crippen LogP contribution < -0.4 is 5.32 Å². The van der Waals surface area contributed by atoms with Crippen molar-refractivity contribution in [1.82, 2.24) is 0 Å². The molecule has 0 aliphatic heterocycles. The molecule has 1 amide bonds. The third-order valence-corrected chi connectivity index (χ3v) is 9.83. The lowest BCUT2D eigenvalue weighted by atomic mass is 9.74. The molecular formula is C23H23ClF3NO5S. The molecule has 0 spiro atoms. The molecule has 2 fully saturated rings. The van der Waals surface area contributed by atoms with Gasteiger partial charge >= 0.3 is 0 Å². The minimum atomic E-state index is -4.03. The smallest absolute Gasteiger partial charge is 0.255 e. The van der Waals surface area contributed by atoms with Crippen LogP contribution in [0.3, 0.4) is 0 Å². The first-order chi connectivity index (χ1) is 15.8. The predicted octanol–water partition coefficient (Wildman–Crippen LogP) is 4.08. The van der Waals surface area contributed by atoms with E-state index in [4.69, 9.17) is 11.6 Å². The van der Waals surface area contributed by atoms with Gasteiger partial charge in [-0.1, -0.05) is 11.6 Å². The molecule has 0 aromatic heterocycles. The molecule has 4 unspecified atom stereocenters. The van der Waals surface area contributed by atoms with Gasteiger partial charge in [-0.15, -0.1) is 0 Å². The largest absolute Gasteiger partial charge is 0.390 e. The van der Waals surface area contributed by atoms with Gasteiger partial charge in [0.1, 0.15) is 0 Å². The number of carbonyl (C=O) groups excluding carboxylic acids is 1. The molecule has 11 heteroatoms. The summed E-state index contributed by atoms with van der Waals surface area (Å²) in [6.07, 6.45) is 0.400. The first kappa shape index (κ1) is 25.0. The zero-order valence-corrected chi connectivity index (χ0v) is 19.6. The number of aliphatic hydroxyl groups is 2. The van der Waals surface area contributed by atoms with Crippen LogP contribution in [0.2, 0.25) is 5.02 Å². The van der Waals surface area contributed by atoms with Gasteiger partial charge in [0.05, 0.1) is 26.9 Å². The van der Waals surface area contributed by atoms with Crippen LogP contribution in [-0.2, 0) is 9.84 Å². The zero-order chi connectivity index (χ0) is 25.0. The Kier molecular flexibility index (Phi) is 6.48. The number of amides is 1. The van der Waals surface area contributed by atoms with Gasteiger partial charge in [-0.25, -0.2) is 21.6 Å². The van der Waals surface area contributed by atoms with Gasteiger partial charge in [-0.3, -0.25) is 4.79 Å². The summed E-state index contributed by atoms with van der Waals surface area (Å²) in [6.45, 7) is 1.48. The minimum absolute atomic E-state index is 0.0915. The summed E-state index contributed by atoms with van der Waals surface area (Å²) in [5, 5.41) is 22.0. The lowest BCUT2D eigenvalue weighted by molar-refractivity contribution is -0.103. The number of nitrogens with one attached hydrogen (secondary N) is 1. The highest BCUT2D eigenvalue weighted by atomic mass is 35.5. The molecule has 184 valence electrons. The molecule has 2 aliphatic carbocycles. The molecule has 6 nitrogen and oxygen atoms in total. The van der Waals surface area contributed by atoms with E-state index in [2.05, 4.69) is 5.32 Å². The van der Waals surface area contributed by atoms with E-state index in [0.29, 0.717) is 25.0 Å². The fraction of sp³-hybridized carbons (Fsp3) is 0.435. The van der Waals surface area contributed by atoms with E-state index < -0.39 is 50.2 Å². The highest BCUT2D eigenvalue weighted by Gasteiger charge is 2.55. The lowest BCUT2D eigenvalue weighted by Gasteiger charge is -2.42. The summed E-state index contributed by atoms with van der Waals surface area (Å²) in [5.41, 5.74) is -1.83. The van der Waals surface area contributed by atoms with Gasteiger partial charge in [-0.2, -0.15) is 0 Å². The number of anilines is 1. The molecule has 0 heterocycles. The van der Waals surface area contributed by atoms with Crippen molar-refractivity contribution in [3.05, 3.63) is 58.4 Å². The minimum Gasteiger partial charge on any atom is -0.390 e. The van der Waals surface area contributed by atoms with E-state index in [-0.39, 0.29) is 45.8 Å². The standard InChI is InChI=1S/C23H23ClF3NO5S/c1-11(29)23(31)9-13-2-3-14(10-23)21(13)34(32,33)19-6-12(4-5-16(19)24)22(30)28-15-7-17(25)20(27)18(26)8-15/h4-8,11,13-14,21,29,31H,2-3,9-10H2,1H3,(H,28,30)/t11?,13-,14?,21?,23?/m0/s1. The summed E-state index contributed by atoms with van der Waals surface area (Å²) >= 11 is 6.21. The average molecular weight is 518 g/mol. The Morgan fingerprint density at radius 3 is 2.21 bits per heavy atom. The third kappa shape index (κ3) is 4.32. The van der Waals surface area contributed by atoms with Crippen LogP contribution in [-0.4, -0.2) is 41.5 Å². The number of carbonyl (C=O) groups is 1. The SMILES string of the molecule is CC(O)C1(O)CC2CC[C@@H](C1)C2S(=O)(=O)c1cc(C(=O)Nc2cc(F)c(F)c(F)c2)ccc1Cl. The first-order valence-corrected chi connectivity index (χ1v) is 12.7. The van der Waals surface area contributed by atoms with Crippen molar-refractivity contribution >= 4 is 33.0 Å². The number of fused-ring (bicyclic) bond motifs is 2. The summed E-state index contributed by atoms with van der Waals surface area (Å²) in [7, 11) is -4.03. The number of halogens is 4. The second-order valence-electron chi connectivity index (χ2n) is 9.15. The molecule has 0 radical (unpaired) electrons.